The van der Waals surface area contributed by atoms with Crippen molar-refractivity contribution in [2.45, 2.75) is 58.8 Å². The van der Waals surface area contributed by atoms with Gasteiger partial charge >= 0.3 is 5.97 Å². The van der Waals surface area contributed by atoms with Crippen LogP contribution in [0.2, 0.25) is 0 Å². The van der Waals surface area contributed by atoms with Crippen molar-refractivity contribution in [3.63, 3.8) is 0 Å². The summed E-state index contributed by atoms with van der Waals surface area (Å²) in [5.74, 6) is -2.37. The topological polar surface area (TPSA) is 186 Å². The van der Waals surface area contributed by atoms with Gasteiger partial charge in [0.15, 0.2) is 0 Å². The predicted molar refractivity (Wildman–Crippen MR) is 173 cm³/mol. The SMILES string of the molecule is Cc1ncsc1-c1ccc(CNC(=O)C2C[C@@H](O)CN2C(=O)[C@@H](NC(=O)COCCOCCOCCOCC(=O)O)C(C)(C)C)cc1. The zero-order valence-corrected chi connectivity index (χ0v) is 28.2. The largest absolute Gasteiger partial charge is 0.480 e. The van der Waals surface area contributed by atoms with Crippen LogP contribution in [0.25, 0.3) is 10.4 Å². The van der Waals surface area contributed by atoms with E-state index in [4.69, 9.17) is 24.1 Å². The molecule has 1 aromatic carbocycles. The van der Waals surface area contributed by atoms with Crippen LogP contribution in [-0.2, 0) is 44.7 Å². The third-order valence-electron chi connectivity index (χ3n) is 7.29. The average Bonchev–Trinajstić information content (AvgIpc) is 3.63. The molecule has 2 aromatic rings. The summed E-state index contributed by atoms with van der Waals surface area (Å²) in [6.45, 7) is 8.28. The molecule has 1 saturated heterocycles. The molecule has 0 bridgehead atoms. The number of thiazole rings is 1. The molecular weight excluding hydrogens is 632 g/mol. The highest BCUT2D eigenvalue weighted by molar-refractivity contribution is 7.13. The zero-order valence-electron chi connectivity index (χ0n) is 27.4. The molecule has 3 amide bonds. The second-order valence-electron chi connectivity index (χ2n) is 12.2. The van der Waals surface area contributed by atoms with Crippen LogP contribution in [0.4, 0.5) is 0 Å². The van der Waals surface area contributed by atoms with Crippen LogP contribution in [0.1, 0.15) is 38.4 Å². The summed E-state index contributed by atoms with van der Waals surface area (Å²) >= 11 is 1.57. The maximum absolute atomic E-state index is 13.7. The van der Waals surface area contributed by atoms with Gasteiger partial charge in [0.05, 0.1) is 61.8 Å². The third-order valence-corrected chi connectivity index (χ3v) is 8.26. The molecule has 260 valence electrons. The number of ether oxygens (including phenoxy) is 4. The Morgan fingerprint density at radius 1 is 0.979 bits per heavy atom. The molecular formula is C32H46N4O10S. The van der Waals surface area contributed by atoms with Crippen LogP contribution in [0, 0.1) is 12.3 Å². The van der Waals surface area contributed by atoms with Crippen LogP contribution in [0.3, 0.4) is 0 Å². The van der Waals surface area contributed by atoms with Gasteiger partial charge < -0.3 is 44.7 Å². The summed E-state index contributed by atoms with van der Waals surface area (Å²) in [7, 11) is 0. The van der Waals surface area contributed by atoms with Gasteiger partial charge in [-0.05, 0) is 23.5 Å². The van der Waals surface area contributed by atoms with Crippen molar-refractivity contribution in [3.05, 3.63) is 41.0 Å². The first-order valence-corrected chi connectivity index (χ1v) is 16.3. The fourth-order valence-electron chi connectivity index (χ4n) is 4.87. The smallest absolute Gasteiger partial charge is 0.329 e. The van der Waals surface area contributed by atoms with Crippen molar-refractivity contribution in [2.24, 2.45) is 5.41 Å². The molecule has 15 heteroatoms. The Kier molecular flexibility index (Phi) is 15.2. The lowest BCUT2D eigenvalue weighted by atomic mass is 9.85. The van der Waals surface area contributed by atoms with Crippen molar-refractivity contribution in [1.82, 2.24) is 20.5 Å². The molecule has 1 aliphatic heterocycles. The van der Waals surface area contributed by atoms with Gasteiger partial charge in [-0.25, -0.2) is 9.78 Å². The molecule has 3 atom stereocenters. The number of hydrogen-bond donors (Lipinski definition) is 4. The van der Waals surface area contributed by atoms with Gasteiger partial charge in [-0.1, -0.05) is 45.0 Å². The fraction of sp³-hybridized carbons (Fsp3) is 0.594. The minimum Gasteiger partial charge on any atom is -0.480 e. The summed E-state index contributed by atoms with van der Waals surface area (Å²) in [6, 6.07) is 5.98. The molecule has 1 aliphatic rings. The van der Waals surface area contributed by atoms with Crippen molar-refractivity contribution in [2.75, 3.05) is 59.4 Å². The van der Waals surface area contributed by atoms with Crippen LogP contribution >= 0.6 is 11.3 Å². The number of amides is 3. The minimum absolute atomic E-state index is 0.0187. The fourth-order valence-corrected chi connectivity index (χ4v) is 5.68. The molecule has 1 aromatic heterocycles. The van der Waals surface area contributed by atoms with Gasteiger partial charge in [-0.15, -0.1) is 11.3 Å². The Hall–Kier alpha value is -3.47. The van der Waals surface area contributed by atoms with Crippen LogP contribution < -0.4 is 10.6 Å². The first-order valence-electron chi connectivity index (χ1n) is 15.4. The van der Waals surface area contributed by atoms with Crippen LogP contribution in [-0.4, -0.2) is 121 Å². The van der Waals surface area contributed by atoms with Gasteiger partial charge in [0, 0.05) is 19.5 Å². The number of carbonyl (C=O) groups is 4. The highest BCUT2D eigenvalue weighted by Crippen LogP contribution is 2.28. The third kappa shape index (κ3) is 12.6. The normalized spacial score (nSPS) is 17.0. The van der Waals surface area contributed by atoms with E-state index in [0.29, 0.717) is 0 Å². The number of carboxylic acids is 1. The molecule has 1 fully saturated rings. The van der Waals surface area contributed by atoms with E-state index >= 15 is 0 Å². The van der Waals surface area contributed by atoms with Crippen LogP contribution in [0.15, 0.2) is 29.8 Å². The highest BCUT2D eigenvalue weighted by Gasteiger charge is 2.44. The monoisotopic (exact) mass is 678 g/mol. The summed E-state index contributed by atoms with van der Waals surface area (Å²) in [5.41, 5.74) is 4.01. The number of benzene rings is 1. The average molecular weight is 679 g/mol. The first kappa shape index (κ1) is 38.0. The number of aliphatic hydroxyl groups excluding tert-OH is 1. The number of aromatic nitrogens is 1. The van der Waals surface area contributed by atoms with Crippen molar-refractivity contribution >= 4 is 35.0 Å². The minimum atomic E-state index is -1.04. The van der Waals surface area contributed by atoms with Crippen molar-refractivity contribution in [3.8, 4) is 10.4 Å². The Morgan fingerprint density at radius 3 is 2.13 bits per heavy atom. The number of rotatable bonds is 19. The second kappa shape index (κ2) is 18.8. The quantitative estimate of drug-likeness (QED) is 0.157. The molecule has 2 heterocycles. The first-order chi connectivity index (χ1) is 22.4. The maximum atomic E-state index is 13.7. The number of nitrogens with zero attached hydrogens (tertiary/aromatic N) is 2. The number of carbonyl (C=O) groups excluding carboxylic acids is 3. The van der Waals surface area contributed by atoms with Gasteiger partial charge in [-0.2, -0.15) is 0 Å². The number of aryl methyl sites for hydroxylation is 1. The molecule has 1 unspecified atom stereocenters. The number of likely N-dealkylation sites (tertiary alicyclic amines) is 1. The van der Waals surface area contributed by atoms with Gasteiger partial charge in [0.2, 0.25) is 17.7 Å². The highest BCUT2D eigenvalue weighted by atomic mass is 32.1. The maximum Gasteiger partial charge on any atom is 0.329 e. The summed E-state index contributed by atoms with van der Waals surface area (Å²) in [5, 5.41) is 24.5. The summed E-state index contributed by atoms with van der Waals surface area (Å²) < 4.78 is 20.9. The number of β-amino-alcohol motifs (C(OH)–C–C–N with tert-alkyl or cyclic N) is 1. The number of aliphatic carboxylic acids is 1. The van der Waals surface area contributed by atoms with Gasteiger partial charge in [0.25, 0.3) is 0 Å². The molecule has 14 nitrogen and oxygen atoms in total. The van der Waals surface area contributed by atoms with E-state index in [2.05, 4.69) is 15.6 Å². The summed E-state index contributed by atoms with van der Waals surface area (Å²) in [4.78, 5) is 56.8. The van der Waals surface area contributed by atoms with E-state index in [1.54, 1.807) is 16.8 Å². The van der Waals surface area contributed by atoms with Crippen LogP contribution in [0.5, 0.6) is 0 Å². The Balaban J connectivity index is 1.43. The molecule has 47 heavy (non-hydrogen) atoms. The van der Waals surface area contributed by atoms with Gasteiger partial charge in [-0.3, -0.25) is 14.4 Å². The Morgan fingerprint density at radius 2 is 1.57 bits per heavy atom. The lowest BCUT2D eigenvalue weighted by Crippen LogP contribution is -2.58. The van der Waals surface area contributed by atoms with Gasteiger partial charge in [0.1, 0.15) is 25.3 Å². The van der Waals surface area contributed by atoms with Crippen molar-refractivity contribution in [1.29, 1.82) is 0 Å². The van der Waals surface area contributed by atoms with E-state index < -0.39 is 41.4 Å². The number of carboxylic acid groups (broad SMARTS) is 1. The lowest BCUT2D eigenvalue weighted by Gasteiger charge is -2.35. The molecule has 3 rings (SSSR count). The predicted octanol–water partition coefficient (Wildman–Crippen LogP) is 1.38. The van der Waals surface area contributed by atoms with E-state index in [9.17, 15) is 24.3 Å². The van der Waals surface area contributed by atoms with E-state index in [0.717, 1.165) is 21.7 Å². The number of nitrogens with one attached hydrogen (secondary N) is 2. The Bertz CT molecular complexity index is 1310. The molecule has 0 spiro atoms. The number of hydrogen-bond acceptors (Lipinski definition) is 11. The lowest BCUT2D eigenvalue weighted by molar-refractivity contribution is -0.144. The molecule has 0 aliphatic carbocycles. The molecule has 0 saturated carbocycles. The summed E-state index contributed by atoms with van der Waals surface area (Å²) in [6.07, 6.45) is -0.773. The standard InChI is InChI=1S/C32H46N4O10S/c1-21-28(47-20-34-21)23-7-5-22(6-8-23)16-33-30(41)25-15-24(37)17-36(25)31(42)29(32(2,3)4)35-26(38)18-45-13-11-43-9-10-44-12-14-46-19-27(39)40/h5-8,20,24-25,29,37H,9-19H2,1-4H3,(H,33,41)(H,35,38)(H,39,40)/t24-,25?,29-/m1/s1. The molecule has 0 radical (unpaired) electrons. The Labute approximate surface area is 278 Å². The second-order valence-corrected chi connectivity index (χ2v) is 13.0. The molecule has 4 N–H and O–H groups in total. The van der Waals surface area contributed by atoms with E-state index in [-0.39, 0.29) is 78.3 Å². The zero-order chi connectivity index (χ0) is 34.4. The van der Waals surface area contributed by atoms with E-state index in [1.165, 1.54) is 4.90 Å². The van der Waals surface area contributed by atoms with Crippen molar-refractivity contribution < 1.29 is 48.3 Å². The number of aliphatic hydroxyl groups is 1. The van der Waals surface area contributed by atoms with E-state index in [1.807, 2.05) is 52.0 Å².